The van der Waals surface area contributed by atoms with Gasteiger partial charge in [0.2, 0.25) is 0 Å². The number of anilines is 2. The highest BCUT2D eigenvalue weighted by molar-refractivity contribution is 5.89. The zero-order valence-electron chi connectivity index (χ0n) is 24.8. The first-order chi connectivity index (χ1) is 20.6. The molecular weight excluding hydrogens is 528 g/mol. The Balaban J connectivity index is 1.21. The van der Waals surface area contributed by atoms with Gasteiger partial charge >= 0.3 is 6.03 Å². The number of piperidine rings is 1. The van der Waals surface area contributed by atoms with Gasteiger partial charge in [-0.3, -0.25) is 14.8 Å². The SMILES string of the molecule is CCNC(=O)Nc1ccc(-c2nc3c(c(N4CCOC[C@@H]4C)n2)CCN(C2CCN(Cc4cccnc4)CC2)C3)cc1. The number of likely N-dealkylation sites (tertiary alicyclic amines) is 1. The van der Waals surface area contributed by atoms with Gasteiger partial charge in [0, 0.05) is 68.0 Å². The molecule has 42 heavy (non-hydrogen) atoms. The minimum absolute atomic E-state index is 0.207. The molecule has 222 valence electrons. The summed E-state index contributed by atoms with van der Waals surface area (Å²) in [5.41, 5.74) is 5.40. The monoisotopic (exact) mass is 570 g/mol. The minimum Gasteiger partial charge on any atom is -0.377 e. The van der Waals surface area contributed by atoms with Crippen LogP contribution < -0.4 is 15.5 Å². The van der Waals surface area contributed by atoms with Crippen molar-refractivity contribution < 1.29 is 9.53 Å². The average molecular weight is 571 g/mol. The number of morpholine rings is 1. The predicted molar refractivity (Wildman–Crippen MR) is 164 cm³/mol. The first-order valence-corrected chi connectivity index (χ1v) is 15.3. The third-order valence-corrected chi connectivity index (χ3v) is 8.65. The molecule has 2 aromatic heterocycles. The van der Waals surface area contributed by atoms with Gasteiger partial charge in [0.05, 0.1) is 24.9 Å². The third kappa shape index (κ3) is 6.56. The number of hydrogen-bond donors (Lipinski definition) is 2. The molecule has 0 bridgehead atoms. The number of amides is 2. The summed E-state index contributed by atoms with van der Waals surface area (Å²) in [5, 5.41) is 5.64. The van der Waals surface area contributed by atoms with Crippen molar-refractivity contribution in [2.45, 2.75) is 58.3 Å². The molecule has 3 aromatic rings. The van der Waals surface area contributed by atoms with Crippen molar-refractivity contribution in [1.82, 2.24) is 30.1 Å². The van der Waals surface area contributed by atoms with E-state index in [9.17, 15) is 4.79 Å². The Labute approximate surface area is 248 Å². The van der Waals surface area contributed by atoms with Crippen LogP contribution in [-0.4, -0.2) is 88.8 Å². The summed E-state index contributed by atoms with van der Waals surface area (Å²) in [4.78, 5) is 34.2. The lowest BCUT2D eigenvalue weighted by Crippen LogP contribution is -2.48. The Bertz CT molecular complexity index is 1340. The minimum atomic E-state index is -0.207. The molecule has 2 saturated heterocycles. The maximum atomic E-state index is 12.0. The first kappa shape index (κ1) is 28.5. The number of benzene rings is 1. The predicted octanol–water partition coefficient (Wildman–Crippen LogP) is 3.93. The second-order valence-corrected chi connectivity index (χ2v) is 11.6. The van der Waals surface area contributed by atoms with Crippen LogP contribution >= 0.6 is 0 Å². The highest BCUT2D eigenvalue weighted by atomic mass is 16.5. The van der Waals surface area contributed by atoms with E-state index in [0.29, 0.717) is 25.8 Å². The van der Waals surface area contributed by atoms with E-state index in [4.69, 9.17) is 14.7 Å². The van der Waals surface area contributed by atoms with Crippen LogP contribution in [0, 0.1) is 0 Å². The molecule has 3 aliphatic heterocycles. The van der Waals surface area contributed by atoms with Crippen molar-refractivity contribution in [3.05, 3.63) is 65.6 Å². The van der Waals surface area contributed by atoms with Crippen molar-refractivity contribution in [1.29, 1.82) is 0 Å². The van der Waals surface area contributed by atoms with Gasteiger partial charge in [-0.25, -0.2) is 14.8 Å². The Morgan fingerprint density at radius 3 is 2.64 bits per heavy atom. The van der Waals surface area contributed by atoms with Gasteiger partial charge in [-0.05, 0) is 82.1 Å². The Hall–Kier alpha value is -3.60. The van der Waals surface area contributed by atoms with E-state index >= 15 is 0 Å². The van der Waals surface area contributed by atoms with E-state index in [2.05, 4.69) is 43.3 Å². The number of pyridine rings is 1. The number of carbonyl (C=O) groups excluding carboxylic acids is 1. The van der Waals surface area contributed by atoms with Gasteiger partial charge in [0.1, 0.15) is 5.82 Å². The molecule has 1 atom stereocenters. The maximum absolute atomic E-state index is 12.0. The summed E-state index contributed by atoms with van der Waals surface area (Å²) in [6.07, 6.45) is 7.11. The second-order valence-electron chi connectivity index (χ2n) is 11.6. The van der Waals surface area contributed by atoms with Crippen LogP contribution in [0.1, 0.15) is 43.5 Å². The third-order valence-electron chi connectivity index (χ3n) is 8.65. The van der Waals surface area contributed by atoms with E-state index in [1.54, 1.807) is 0 Å². The van der Waals surface area contributed by atoms with Crippen LogP contribution in [0.15, 0.2) is 48.8 Å². The van der Waals surface area contributed by atoms with E-state index in [1.807, 2.05) is 49.6 Å². The van der Waals surface area contributed by atoms with Crippen molar-refractivity contribution in [3.8, 4) is 11.4 Å². The van der Waals surface area contributed by atoms with E-state index in [0.717, 1.165) is 74.3 Å². The Morgan fingerprint density at radius 2 is 1.90 bits per heavy atom. The van der Waals surface area contributed by atoms with Crippen molar-refractivity contribution in [2.24, 2.45) is 0 Å². The molecule has 0 spiro atoms. The fourth-order valence-electron chi connectivity index (χ4n) is 6.38. The first-order valence-electron chi connectivity index (χ1n) is 15.3. The zero-order valence-corrected chi connectivity index (χ0v) is 24.8. The van der Waals surface area contributed by atoms with Crippen molar-refractivity contribution in [2.75, 3.05) is 56.2 Å². The number of urea groups is 1. The number of nitrogens with zero attached hydrogens (tertiary/aromatic N) is 6. The van der Waals surface area contributed by atoms with Gasteiger partial charge in [-0.15, -0.1) is 0 Å². The summed E-state index contributed by atoms with van der Waals surface area (Å²) >= 11 is 0. The molecular formula is C32H42N8O2. The maximum Gasteiger partial charge on any atom is 0.319 e. The van der Waals surface area contributed by atoms with Gasteiger partial charge < -0.3 is 20.3 Å². The summed E-state index contributed by atoms with van der Waals surface area (Å²) < 4.78 is 5.76. The fourth-order valence-corrected chi connectivity index (χ4v) is 6.38. The molecule has 10 nitrogen and oxygen atoms in total. The molecule has 0 saturated carbocycles. The molecule has 6 rings (SSSR count). The van der Waals surface area contributed by atoms with Crippen LogP contribution in [0.5, 0.6) is 0 Å². The lowest BCUT2D eigenvalue weighted by Gasteiger charge is -2.42. The topological polar surface area (TPSA) is 98.8 Å². The number of aromatic nitrogens is 3. The van der Waals surface area contributed by atoms with Crippen molar-refractivity contribution in [3.63, 3.8) is 0 Å². The number of fused-ring (bicyclic) bond motifs is 1. The Kier molecular flexibility index (Phi) is 8.92. The molecule has 3 aliphatic rings. The quantitative estimate of drug-likeness (QED) is 0.441. The Morgan fingerprint density at radius 1 is 1.07 bits per heavy atom. The molecule has 2 fully saturated rings. The lowest BCUT2D eigenvalue weighted by molar-refractivity contribution is 0.0922. The normalized spacial score (nSPS) is 20.2. The van der Waals surface area contributed by atoms with Gasteiger partial charge in [0.15, 0.2) is 5.82 Å². The molecule has 10 heteroatoms. The average Bonchev–Trinajstić information content (AvgIpc) is 3.02. The molecule has 1 aromatic carbocycles. The summed E-state index contributed by atoms with van der Waals surface area (Å²) in [6.45, 7) is 12.0. The largest absolute Gasteiger partial charge is 0.377 e. The number of rotatable bonds is 7. The van der Waals surface area contributed by atoms with Crippen molar-refractivity contribution >= 4 is 17.5 Å². The van der Waals surface area contributed by atoms with Crippen LogP contribution in [0.3, 0.4) is 0 Å². The summed E-state index contributed by atoms with van der Waals surface area (Å²) in [6, 6.07) is 12.6. The van der Waals surface area contributed by atoms with Gasteiger partial charge in [0.25, 0.3) is 0 Å². The highest BCUT2D eigenvalue weighted by Crippen LogP contribution is 2.33. The number of hydrogen-bond acceptors (Lipinski definition) is 8. The van der Waals surface area contributed by atoms with E-state index < -0.39 is 0 Å². The number of ether oxygens (including phenoxy) is 1. The zero-order chi connectivity index (χ0) is 28.9. The second kappa shape index (κ2) is 13.1. The van der Waals surface area contributed by atoms with Crippen LogP contribution in [0.4, 0.5) is 16.3 Å². The molecule has 2 N–H and O–H groups in total. The van der Waals surface area contributed by atoms with Crippen LogP contribution in [-0.2, 0) is 24.2 Å². The smallest absolute Gasteiger partial charge is 0.319 e. The van der Waals surface area contributed by atoms with Gasteiger partial charge in [-0.1, -0.05) is 6.07 Å². The van der Waals surface area contributed by atoms with Crippen LogP contribution in [0.25, 0.3) is 11.4 Å². The molecule has 5 heterocycles. The van der Waals surface area contributed by atoms with E-state index in [1.165, 1.54) is 24.0 Å². The van der Waals surface area contributed by atoms with Gasteiger partial charge in [-0.2, -0.15) is 0 Å². The highest BCUT2D eigenvalue weighted by Gasteiger charge is 2.32. The lowest BCUT2D eigenvalue weighted by atomic mass is 9.97. The number of carbonyl (C=O) groups is 1. The molecule has 0 radical (unpaired) electrons. The van der Waals surface area contributed by atoms with Crippen LogP contribution in [0.2, 0.25) is 0 Å². The molecule has 0 unspecified atom stereocenters. The number of nitrogens with one attached hydrogen (secondary N) is 2. The summed E-state index contributed by atoms with van der Waals surface area (Å²) in [7, 11) is 0. The molecule has 0 aliphatic carbocycles. The van der Waals surface area contributed by atoms with E-state index in [-0.39, 0.29) is 12.1 Å². The summed E-state index contributed by atoms with van der Waals surface area (Å²) in [5.74, 6) is 1.79. The molecule has 2 amide bonds. The fraction of sp³-hybridized carbons (Fsp3) is 0.500. The standard InChI is InChI=1S/C32H42N8O2/c1-3-34-32(41)35-26-8-6-25(7-9-26)30-36-29-21-39(16-12-28(29)31(37-30)40-17-18-42-22-23(40)2)27-10-14-38(15-11-27)20-24-5-4-13-33-19-24/h4-9,13,19,23,27H,3,10-12,14-18,20-22H2,1-2H3,(H2,34,35,41)/t23-/m0/s1.